The topological polar surface area (TPSA) is 37.3 Å². The Morgan fingerprint density at radius 2 is 2.06 bits per heavy atom. The standard InChI is InChI=1S/C14H18O2S/c1-14(13(15)16,11-7-8-11)9-10-17-12-5-3-2-4-6-12/h2-6,11H,7-10H2,1H3,(H,15,16). The second-order valence-corrected chi connectivity index (χ2v) is 6.08. The highest BCUT2D eigenvalue weighted by atomic mass is 32.2. The van der Waals surface area contributed by atoms with Crippen LogP contribution in [0.3, 0.4) is 0 Å². The Balaban J connectivity index is 1.86. The van der Waals surface area contributed by atoms with Crippen molar-refractivity contribution in [3.8, 4) is 0 Å². The lowest BCUT2D eigenvalue weighted by atomic mass is 9.82. The van der Waals surface area contributed by atoms with Crippen LogP contribution < -0.4 is 0 Å². The van der Waals surface area contributed by atoms with Crippen molar-refractivity contribution in [2.24, 2.45) is 11.3 Å². The summed E-state index contributed by atoms with van der Waals surface area (Å²) in [5.74, 6) is 0.647. The molecule has 0 heterocycles. The van der Waals surface area contributed by atoms with Gasteiger partial charge in [0.25, 0.3) is 0 Å². The molecular weight excluding hydrogens is 232 g/mol. The van der Waals surface area contributed by atoms with Crippen molar-refractivity contribution in [3.63, 3.8) is 0 Å². The van der Waals surface area contributed by atoms with Gasteiger partial charge in [-0.1, -0.05) is 18.2 Å². The number of hydrogen-bond acceptors (Lipinski definition) is 2. The zero-order valence-corrected chi connectivity index (χ0v) is 10.9. The van der Waals surface area contributed by atoms with Gasteiger partial charge in [-0.2, -0.15) is 0 Å². The molecule has 1 unspecified atom stereocenters. The van der Waals surface area contributed by atoms with E-state index in [0.29, 0.717) is 5.92 Å². The average molecular weight is 250 g/mol. The Morgan fingerprint density at radius 1 is 1.41 bits per heavy atom. The minimum atomic E-state index is -0.631. The van der Waals surface area contributed by atoms with E-state index in [2.05, 4.69) is 12.1 Å². The van der Waals surface area contributed by atoms with Gasteiger partial charge in [-0.3, -0.25) is 4.79 Å². The molecule has 3 heteroatoms. The molecule has 1 saturated carbocycles. The first kappa shape index (κ1) is 12.5. The summed E-state index contributed by atoms with van der Waals surface area (Å²) in [6.45, 7) is 1.90. The first-order valence-electron chi connectivity index (χ1n) is 6.04. The summed E-state index contributed by atoms with van der Waals surface area (Å²) < 4.78 is 0. The summed E-state index contributed by atoms with van der Waals surface area (Å²) in [4.78, 5) is 12.6. The van der Waals surface area contributed by atoms with Crippen LogP contribution in [0.15, 0.2) is 35.2 Å². The van der Waals surface area contributed by atoms with Gasteiger partial charge in [0, 0.05) is 4.90 Å². The summed E-state index contributed by atoms with van der Waals surface area (Å²) in [5, 5.41) is 9.33. The van der Waals surface area contributed by atoms with Gasteiger partial charge >= 0.3 is 5.97 Å². The van der Waals surface area contributed by atoms with Crippen molar-refractivity contribution in [2.75, 3.05) is 5.75 Å². The largest absolute Gasteiger partial charge is 0.481 e. The molecule has 2 nitrogen and oxygen atoms in total. The first-order chi connectivity index (χ1) is 8.13. The molecule has 0 bridgehead atoms. The smallest absolute Gasteiger partial charge is 0.309 e. The lowest BCUT2D eigenvalue weighted by molar-refractivity contribution is -0.149. The van der Waals surface area contributed by atoms with Crippen LogP contribution in [0.4, 0.5) is 0 Å². The fourth-order valence-corrected chi connectivity index (χ4v) is 3.22. The minimum absolute atomic E-state index is 0.399. The highest BCUT2D eigenvalue weighted by molar-refractivity contribution is 7.99. The number of rotatable bonds is 6. The molecule has 1 aromatic carbocycles. The molecule has 1 aliphatic rings. The molecule has 0 radical (unpaired) electrons. The van der Waals surface area contributed by atoms with Gasteiger partial charge in [-0.05, 0) is 50.0 Å². The van der Waals surface area contributed by atoms with Crippen LogP contribution in [0.1, 0.15) is 26.2 Å². The van der Waals surface area contributed by atoms with E-state index in [1.807, 2.05) is 25.1 Å². The molecule has 0 aromatic heterocycles. The summed E-state index contributed by atoms with van der Waals surface area (Å²) in [7, 11) is 0. The van der Waals surface area contributed by atoms with Gasteiger partial charge in [0.2, 0.25) is 0 Å². The first-order valence-corrected chi connectivity index (χ1v) is 7.03. The van der Waals surface area contributed by atoms with Crippen molar-refractivity contribution < 1.29 is 9.90 Å². The molecule has 2 rings (SSSR count). The summed E-state index contributed by atoms with van der Waals surface area (Å²) >= 11 is 1.75. The van der Waals surface area contributed by atoms with E-state index >= 15 is 0 Å². The van der Waals surface area contributed by atoms with Crippen LogP contribution in [0.5, 0.6) is 0 Å². The van der Waals surface area contributed by atoms with Gasteiger partial charge in [0.1, 0.15) is 0 Å². The molecule has 0 amide bonds. The van der Waals surface area contributed by atoms with E-state index in [0.717, 1.165) is 25.0 Å². The number of carboxylic acids is 1. The van der Waals surface area contributed by atoms with Gasteiger partial charge in [0.15, 0.2) is 0 Å². The van der Waals surface area contributed by atoms with Crippen LogP contribution in [0.2, 0.25) is 0 Å². The van der Waals surface area contributed by atoms with E-state index in [1.165, 1.54) is 4.90 Å². The highest BCUT2D eigenvalue weighted by Crippen LogP contribution is 2.48. The van der Waals surface area contributed by atoms with E-state index < -0.39 is 11.4 Å². The predicted molar refractivity (Wildman–Crippen MR) is 70.2 cm³/mol. The minimum Gasteiger partial charge on any atom is -0.481 e. The SMILES string of the molecule is CC(CCSc1ccccc1)(C(=O)O)C1CC1. The van der Waals surface area contributed by atoms with Gasteiger partial charge in [-0.15, -0.1) is 11.8 Å². The van der Waals surface area contributed by atoms with Crippen LogP contribution >= 0.6 is 11.8 Å². The molecule has 1 fully saturated rings. The van der Waals surface area contributed by atoms with Crippen molar-refractivity contribution in [1.82, 2.24) is 0 Å². The molecule has 1 N–H and O–H groups in total. The molecular formula is C14H18O2S. The summed E-state index contributed by atoms with van der Waals surface area (Å²) in [6, 6.07) is 10.2. The number of hydrogen-bond donors (Lipinski definition) is 1. The quantitative estimate of drug-likeness (QED) is 0.783. The third-order valence-electron chi connectivity index (χ3n) is 3.60. The summed E-state index contributed by atoms with van der Waals surface area (Å²) in [6.07, 6.45) is 2.92. The Labute approximate surface area is 106 Å². The Morgan fingerprint density at radius 3 is 2.59 bits per heavy atom. The number of carbonyl (C=O) groups is 1. The molecule has 0 saturated heterocycles. The molecule has 92 valence electrons. The maximum Gasteiger partial charge on any atom is 0.309 e. The van der Waals surface area contributed by atoms with Crippen LogP contribution in [-0.4, -0.2) is 16.8 Å². The van der Waals surface area contributed by atoms with E-state index in [4.69, 9.17) is 0 Å². The lowest BCUT2D eigenvalue weighted by Gasteiger charge is -2.24. The normalized spacial score (nSPS) is 18.6. The zero-order valence-electron chi connectivity index (χ0n) is 10.1. The third-order valence-corrected chi connectivity index (χ3v) is 4.61. The Bertz CT molecular complexity index is 386. The monoisotopic (exact) mass is 250 g/mol. The molecule has 1 aromatic rings. The van der Waals surface area contributed by atoms with E-state index in [-0.39, 0.29) is 0 Å². The molecule has 1 aliphatic carbocycles. The number of aliphatic carboxylic acids is 1. The lowest BCUT2D eigenvalue weighted by Crippen LogP contribution is -2.30. The van der Waals surface area contributed by atoms with Crippen LogP contribution in [-0.2, 0) is 4.79 Å². The van der Waals surface area contributed by atoms with E-state index in [9.17, 15) is 9.90 Å². The maximum atomic E-state index is 11.3. The molecule has 0 aliphatic heterocycles. The zero-order chi connectivity index (χ0) is 12.3. The summed E-state index contributed by atoms with van der Waals surface area (Å²) in [5.41, 5.74) is -0.512. The highest BCUT2D eigenvalue weighted by Gasteiger charge is 2.46. The Kier molecular flexibility index (Phi) is 3.77. The van der Waals surface area contributed by atoms with Crippen molar-refractivity contribution in [3.05, 3.63) is 30.3 Å². The number of thioether (sulfide) groups is 1. The van der Waals surface area contributed by atoms with Crippen molar-refractivity contribution in [2.45, 2.75) is 31.1 Å². The number of carboxylic acid groups (broad SMARTS) is 1. The average Bonchev–Trinajstić information content (AvgIpc) is 3.14. The van der Waals surface area contributed by atoms with Gasteiger partial charge in [0.05, 0.1) is 5.41 Å². The van der Waals surface area contributed by atoms with Gasteiger partial charge < -0.3 is 5.11 Å². The van der Waals surface area contributed by atoms with Crippen LogP contribution in [0, 0.1) is 11.3 Å². The fourth-order valence-electron chi connectivity index (χ4n) is 2.10. The van der Waals surface area contributed by atoms with Gasteiger partial charge in [-0.25, -0.2) is 0 Å². The third kappa shape index (κ3) is 3.03. The molecule has 1 atom stereocenters. The second-order valence-electron chi connectivity index (χ2n) is 4.91. The molecule has 0 spiro atoms. The fraction of sp³-hybridized carbons (Fsp3) is 0.500. The van der Waals surface area contributed by atoms with Crippen molar-refractivity contribution >= 4 is 17.7 Å². The molecule has 17 heavy (non-hydrogen) atoms. The van der Waals surface area contributed by atoms with Crippen LogP contribution in [0.25, 0.3) is 0 Å². The predicted octanol–water partition coefficient (Wildman–Crippen LogP) is 3.67. The Hall–Kier alpha value is -0.960. The van der Waals surface area contributed by atoms with E-state index in [1.54, 1.807) is 11.8 Å². The second kappa shape index (κ2) is 5.13. The maximum absolute atomic E-state index is 11.3. The number of benzene rings is 1. The van der Waals surface area contributed by atoms with Crippen molar-refractivity contribution in [1.29, 1.82) is 0 Å².